The zero-order valence-corrected chi connectivity index (χ0v) is 8.48. The molecule has 0 bridgehead atoms. The van der Waals surface area contributed by atoms with Crippen LogP contribution in [-0.4, -0.2) is 13.2 Å². The lowest BCUT2D eigenvalue weighted by Crippen LogP contribution is -2.00. The van der Waals surface area contributed by atoms with Crippen molar-refractivity contribution in [3.63, 3.8) is 0 Å². The van der Waals surface area contributed by atoms with E-state index in [0.29, 0.717) is 25.3 Å². The third-order valence-electron chi connectivity index (χ3n) is 1.87. The molecule has 0 amide bonds. The van der Waals surface area contributed by atoms with E-state index < -0.39 is 0 Å². The van der Waals surface area contributed by atoms with Crippen molar-refractivity contribution in [3.8, 4) is 5.75 Å². The molecule has 0 aliphatic carbocycles. The molecule has 0 atom stereocenters. The van der Waals surface area contributed by atoms with Gasteiger partial charge < -0.3 is 4.74 Å². The highest BCUT2D eigenvalue weighted by molar-refractivity contribution is 5.32. The molecule has 5 heteroatoms. The van der Waals surface area contributed by atoms with Gasteiger partial charge >= 0.3 is 0 Å². The summed E-state index contributed by atoms with van der Waals surface area (Å²) >= 11 is 0. The van der Waals surface area contributed by atoms with Gasteiger partial charge in [-0.15, -0.1) is 0 Å². The van der Waals surface area contributed by atoms with E-state index in [0.717, 1.165) is 5.56 Å². The van der Waals surface area contributed by atoms with Crippen molar-refractivity contribution in [2.75, 3.05) is 13.2 Å². The number of azide groups is 1. The van der Waals surface area contributed by atoms with Gasteiger partial charge in [-0.3, -0.25) is 0 Å². The number of benzene rings is 1. The standard InChI is InChI=1S/C10H12FN3O/c1-8-3-4-9(11)7-10(8)15-6-2-5-13-14-12/h3-4,7H,2,5-6H2,1H3. The third-order valence-corrected chi connectivity index (χ3v) is 1.87. The van der Waals surface area contributed by atoms with Gasteiger partial charge in [0.2, 0.25) is 0 Å². The Labute approximate surface area is 87.3 Å². The van der Waals surface area contributed by atoms with Gasteiger partial charge in [0.1, 0.15) is 11.6 Å². The van der Waals surface area contributed by atoms with E-state index in [1.807, 2.05) is 6.92 Å². The molecule has 0 N–H and O–H groups in total. The van der Waals surface area contributed by atoms with Crippen LogP contribution in [-0.2, 0) is 0 Å². The van der Waals surface area contributed by atoms with Crippen LogP contribution in [0.2, 0.25) is 0 Å². The van der Waals surface area contributed by atoms with E-state index in [1.165, 1.54) is 12.1 Å². The van der Waals surface area contributed by atoms with Crippen LogP contribution in [0.15, 0.2) is 23.3 Å². The van der Waals surface area contributed by atoms with Gasteiger partial charge in [-0.2, -0.15) is 0 Å². The minimum Gasteiger partial charge on any atom is -0.493 e. The van der Waals surface area contributed by atoms with Gasteiger partial charge in [-0.1, -0.05) is 11.2 Å². The number of nitrogens with zero attached hydrogens (tertiary/aromatic N) is 3. The number of hydrogen-bond donors (Lipinski definition) is 0. The Balaban J connectivity index is 2.43. The molecule has 0 saturated carbocycles. The molecule has 1 aromatic carbocycles. The summed E-state index contributed by atoms with van der Waals surface area (Å²) in [6, 6.07) is 4.41. The maximum absolute atomic E-state index is 12.8. The average molecular weight is 209 g/mol. The first-order valence-electron chi connectivity index (χ1n) is 4.64. The van der Waals surface area contributed by atoms with Crippen LogP contribution in [0.5, 0.6) is 5.75 Å². The zero-order valence-electron chi connectivity index (χ0n) is 8.48. The van der Waals surface area contributed by atoms with Gasteiger partial charge in [0.15, 0.2) is 0 Å². The zero-order chi connectivity index (χ0) is 11.1. The molecule has 0 spiro atoms. The molecule has 4 nitrogen and oxygen atoms in total. The van der Waals surface area contributed by atoms with Gasteiger partial charge in [0.25, 0.3) is 0 Å². The highest BCUT2D eigenvalue weighted by Crippen LogP contribution is 2.18. The lowest BCUT2D eigenvalue weighted by atomic mass is 10.2. The summed E-state index contributed by atoms with van der Waals surface area (Å²) in [5, 5.41) is 3.37. The topological polar surface area (TPSA) is 58.0 Å². The van der Waals surface area contributed by atoms with Gasteiger partial charge in [-0.05, 0) is 30.5 Å². The molecular weight excluding hydrogens is 197 g/mol. The number of halogens is 1. The maximum Gasteiger partial charge on any atom is 0.126 e. The SMILES string of the molecule is Cc1ccc(F)cc1OCCCN=[N+]=[N-]. The smallest absolute Gasteiger partial charge is 0.126 e. The van der Waals surface area contributed by atoms with Crippen molar-refractivity contribution >= 4 is 0 Å². The Morgan fingerprint density at radius 3 is 3.07 bits per heavy atom. The summed E-state index contributed by atoms with van der Waals surface area (Å²) in [5.74, 6) is 0.224. The second-order valence-corrected chi connectivity index (χ2v) is 3.07. The first-order chi connectivity index (χ1) is 7.24. The fraction of sp³-hybridized carbons (Fsp3) is 0.400. The highest BCUT2D eigenvalue weighted by Gasteiger charge is 2.00. The van der Waals surface area contributed by atoms with E-state index in [1.54, 1.807) is 6.07 Å². The average Bonchev–Trinajstić information content (AvgIpc) is 2.23. The number of ether oxygens (including phenoxy) is 1. The third kappa shape index (κ3) is 3.87. The molecule has 0 radical (unpaired) electrons. The Kier molecular flexibility index (Phi) is 4.44. The summed E-state index contributed by atoms with van der Waals surface area (Å²) < 4.78 is 18.2. The molecule has 0 saturated heterocycles. The number of aryl methyl sites for hydroxylation is 1. The van der Waals surface area contributed by atoms with E-state index in [9.17, 15) is 4.39 Å². The van der Waals surface area contributed by atoms with Crippen molar-refractivity contribution < 1.29 is 9.13 Å². The van der Waals surface area contributed by atoms with Crippen molar-refractivity contribution in [1.29, 1.82) is 0 Å². The van der Waals surface area contributed by atoms with Crippen LogP contribution in [0.3, 0.4) is 0 Å². The molecule has 15 heavy (non-hydrogen) atoms. The van der Waals surface area contributed by atoms with E-state index in [-0.39, 0.29) is 5.82 Å². The van der Waals surface area contributed by atoms with Gasteiger partial charge in [-0.25, -0.2) is 4.39 Å². The van der Waals surface area contributed by atoms with Crippen LogP contribution in [0.25, 0.3) is 10.4 Å². The predicted octanol–water partition coefficient (Wildman–Crippen LogP) is 3.21. The Morgan fingerprint density at radius 1 is 1.53 bits per heavy atom. The molecule has 80 valence electrons. The van der Waals surface area contributed by atoms with Crippen LogP contribution in [0, 0.1) is 12.7 Å². The summed E-state index contributed by atoms with van der Waals surface area (Å²) in [5.41, 5.74) is 8.92. The van der Waals surface area contributed by atoms with Gasteiger partial charge in [0, 0.05) is 17.5 Å². The van der Waals surface area contributed by atoms with Crippen molar-refractivity contribution in [2.24, 2.45) is 5.11 Å². The summed E-state index contributed by atoms with van der Waals surface area (Å²) in [6.07, 6.45) is 0.625. The van der Waals surface area contributed by atoms with Crippen molar-refractivity contribution in [3.05, 3.63) is 40.0 Å². The number of rotatable bonds is 5. The minimum absolute atomic E-state index is 0.314. The lowest BCUT2D eigenvalue weighted by molar-refractivity contribution is 0.309. The molecule has 0 aromatic heterocycles. The lowest BCUT2D eigenvalue weighted by Gasteiger charge is -2.07. The molecule has 1 aromatic rings. The largest absolute Gasteiger partial charge is 0.493 e. The van der Waals surface area contributed by atoms with E-state index in [2.05, 4.69) is 10.0 Å². The number of hydrogen-bond acceptors (Lipinski definition) is 2. The molecule has 0 unspecified atom stereocenters. The summed E-state index contributed by atoms with van der Waals surface area (Å²) in [4.78, 5) is 2.62. The highest BCUT2D eigenvalue weighted by atomic mass is 19.1. The monoisotopic (exact) mass is 209 g/mol. The normalized spacial score (nSPS) is 9.47. The molecule has 1 rings (SSSR count). The van der Waals surface area contributed by atoms with Crippen LogP contribution in [0.4, 0.5) is 4.39 Å². The Hall–Kier alpha value is -1.74. The minimum atomic E-state index is -0.314. The van der Waals surface area contributed by atoms with Crippen molar-refractivity contribution in [1.82, 2.24) is 0 Å². The Morgan fingerprint density at radius 2 is 2.33 bits per heavy atom. The summed E-state index contributed by atoms with van der Waals surface area (Å²) in [7, 11) is 0. The van der Waals surface area contributed by atoms with E-state index in [4.69, 9.17) is 10.3 Å². The second-order valence-electron chi connectivity index (χ2n) is 3.07. The quantitative estimate of drug-likeness (QED) is 0.318. The van der Waals surface area contributed by atoms with Crippen LogP contribution < -0.4 is 4.74 Å². The van der Waals surface area contributed by atoms with Crippen LogP contribution >= 0.6 is 0 Å². The first kappa shape index (κ1) is 11.3. The molecule has 0 heterocycles. The fourth-order valence-electron chi connectivity index (χ4n) is 1.09. The van der Waals surface area contributed by atoms with Crippen LogP contribution in [0.1, 0.15) is 12.0 Å². The maximum atomic E-state index is 12.8. The second kappa shape index (κ2) is 5.88. The fourth-order valence-corrected chi connectivity index (χ4v) is 1.09. The molecular formula is C10H12FN3O. The molecule has 0 fully saturated rings. The van der Waals surface area contributed by atoms with Crippen molar-refractivity contribution in [2.45, 2.75) is 13.3 Å². The summed E-state index contributed by atoms with van der Waals surface area (Å²) in [6.45, 7) is 2.66. The predicted molar refractivity (Wildman–Crippen MR) is 55.3 cm³/mol. The molecule has 0 aliphatic heterocycles. The van der Waals surface area contributed by atoms with E-state index >= 15 is 0 Å². The Bertz CT molecular complexity index is 375. The van der Waals surface area contributed by atoms with Gasteiger partial charge in [0.05, 0.1) is 6.61 Å². The molecule has 0 aliphatic rings. The first-order valence-corrected chi connectivity index (χ1v) is 4.64.